The lowest BCUT2D eigenvalue weighted by Gasteiger charge is -2.15. The number of aromatic nitrogens is 3. The molecule has 0 aliphatic carbocycles. The maximum absolute atomic E-state index is 13.0. The Morgan fingerprint density at radius 1 is 1.47 bits per heavy atom. The number of hydrogen-bond donors (Lipinski definition) is 1. The molecule has 6 heteroatoms. The number of rotatable bonds is 5. The van der Waals surface area contributed by atoms with Crippen LogP contribution in [0.25, 0.3) is 0 Å². The summed E-state index contributed by atoms with van der Waals surface area (Å²) in [6.07, 6.45) is 2.45. The van der Waals surface area contributed by atoms with E-state index in [4.69, 9.17) is 11.6 Å². The molecule has 1 unspecified atom stereocenters. The van der Waals surface area contributed by atoms with Crippen molar-refractivity contribution >= 4 is 11.6 Å². The number of hydrogen-bond acceptors (Lipinski definition) is 3. The van der Waals surface area contributed by atoms with Crippen LogP contribution in [-0.2, 0) is 13.5 Å². The Balaban J connectivity index is 1.91. The third-order valence-electron chi connectivity index (χ3n) is 3.03. The van der Waals surface area contributed by atoms with Gasteiger partial charge in [-0.25, -0.2) is 4.39 Å². The summed E-state index contributed by atoms with van der Waals surface area (Å²) in [7, 11) is 1.91. The molecule has 2 rings (SSSR count). The predicted molar refractivity (Wildman–Crippen MR) is 72.5 cm³/mol. The van der Waals surface area contributed by atoms with Crippen molar-refractivity contribution in [1.29, 1.82) is 0 Å². The van der Waals surface area contributed by atoms with Gasteiger partial charge in [-0.1, -0.05) is 17.7 Å². The van der Waals surface area contributed by atoms with Gasteiger partial charge in [0.05, 0.1) is 0 Å². The average Bonchev–Trinajstić information content (AvgIpc) is 2.75. The van der Waals surface area contributed by atoms with E-state index in [1.54, 1.807) is 12.4 Å². The molecule has 1 heterocycles. The summed E-state index contributed by atoms with van der Waals surface area (Å²) in [4.78, 5) is 0. The van der Waals surface area contributed by atoms with Gasteiger partial charge in [0.2, 0.25) is 0 Å². The molecule has 0 bridgehead atoms. The number of benzene rings is 1. The van der Waals surface area contributed by atoms with Crippen LogP contribution in [0.4, 0.5) is 4.39 Å². The molecule has 0 aliphatic heterocycles. The fourth-order valence-electron chi connectivity index (χ4n) is 1.90. The van der Waals surface area contributed by atoms with Crippen LogP contribution in [0.1, 0.15) is 24.4 Å². The lowest BCUT2D eigenvalue weighted by atomic mass is 10.1. The number of halogens is 2. The largest absolute Gasteiger partial charge is 0.321 e. The Bertz CT molecular complexity index is 555. The zero-order chi connectivity index (χ0) is 13.8. The van der Waals surface area contributed by atoms with Crippen molar-refractivity contribution in [3.05, 3.63) is 46.8 Å². The van der Waals surface area contributed by atoms with Gasteiger partial charge in [-0.3, -0.25) is 0 Å². The highest BCUT2D eigenvalue weighted by atomic mass is 35.5. The molecule has 0 saturated carbocycles. The first-order chi connectivity index (χ1) is 9.08. The topological polar surface area (TPSA) is 42.7 Å². The van der Waals surface area contributed by atoms with Crippen LogP contribution in [0.5, 0.6) is 0 Å². The SMILES string of the molecule is CC(NCCc1nncn1C)c1ccc(F)cc1Cl. The van der Waals surface area contributed by atoms with E-state index in [0.29, 0.717) is 5.02 Å². The highest BCUT2D eigenvalue weighted by Gasteiger charge is 2.10. The molecule has 1 N–H and O–H groups in total. The molecule has 19 heavy (non-hydrogen) atoms. The van der Waals surface area contributed by atoms with Crippen LogP contribution in [0.15, 0.2) is 24.5 Å². The van der Waals surface area contributed by atoms with E-state index in [1.807, 2.05) is 18.5 Å². The van der Waals surface area contributed by atoms with E-state index >= 15 is 0 Å². The molecule has 0 aliphatic rings. The van der Waals surface area contributed by atoms with Crippen molar-refractivity contribution in [3.8, 4) is 0 Å². The molecule has 4 nitrogen and oxygen atoms in total. The molecule has 0 amide bonds. The second kappa shape index (κ2) is 6.12. The minimum Gasteiger partial charge on any atom is -0.321 e. The van der Waals surface area contributed by atoms with Crippen molar-refractivity contribution in [3.63, 3.8) is 0 Å². The summed E-state index contributed by atoms with van der Waals surface area (Å²) in [5, 5.41) is 11.6. The molecule has 1 aromatic carbocycles. The maximum atomic E-state index is 13.0. The van der Waals surface area contributed by atoms with Gasteiger partial charge in [-0.2, -0.15) is 0 Å². The molecule has 1 aromatic heterocycles. The van der Waals surface area contributed by atoms with Crippen LogP contribution in [0.2, 0.25) is 5.02 Å². The van der Waals surface area contributed by atoms with Gasteiger partial charge in [0.15, 0.2) is 0 Å². The van der Waals surface area contributed by atoms with Gasteiger partial charge in [0, 0.05) is 31.1 Å². The molecule has 0 radical (unpaired) electrons. The lowest BCUT2D eigenvalue weighted by molar-refractivity contribution is 0.562. The van der Waals surface area contributed by atoms with Crippen molar-refractivity contribution < 1.29 is 4.39 Å². The van der Waals surface area contributed by atoms with Gasteiger partial charge in [0.1, 0.15) is 18.0 Å². The molecular weight excluding hydrogens is 267 g/mol. The van der Waals surface area contributed by atoms with Crippen LogP contribution in [0.3, 0.4) is 0 Å². The van der Waals surface area contributed by atoms with Gasteiger partial charge in [0.25, 0.3) is 0 Å². The summed E-state index contributed by atoms with van der Waals surface area (Å²) < 4.78 is 14.9. The smallest absolute Gasteiger partial charge is 0.133 e. The number of nitrogens with one attached hydrogen (secondary N) is 1. The molecule has 0 saturated heterocycles. The Kier molecular flexibility index (Phi) is 4.50. The van der Waals surface area contributed by atoms with Crippen molar-refractivity contribution in [2.24, 2.45) is 7.05 Å². The van der Waals surface area contributed by atoms with Crippen LogP contribution >= 0.6 is 11.6 Å². The van der Waals surface area contributed by atoms with Crippen LogP contribution in [0, 0.1) is 5.82 Å². The molecule has 0 fully saturated rings. The first-order valence-electron chi connectivity index (χ1n) is 6.09. The fourth-order valence-corrected chi connectivity index (χ4v) is 2.23. The maximum Gasteiger partial charge on any atom is 0.133 e. The fraction of sp³-hybridized carbons (Fsp3) is 0.385. The Labute approximate surface area is 116 Å². The Morgan fingerprint density at radius 3 is 2.89 bits per heavy atom. The molecule has 0 spiro atoms. The van der Waals surface area contributed by atoms with Gasteiger partial charge < -0.3 is 9.88 Å². The second-order valence-corrected chi connectivity index (χ2v) is 4.86. The minimum absolute atomic E-state index is 0.0568. The van der Waals surface area contributed by atoms with Gasteiger partial charge in [-0.05, 0) is 24.6 Å². The highest BCUT2D eigenvalue weighted by Crippen LogP contribution is 2.23. The zero-order valence-corrected chi connectivity index (χ0v) is 11.7. The molecule has 2 aromatic rings. The monoisotopic (exact) mass is 282 g/mol. The van der Waals surface area contributed by atoms with E-state index in [1.165, 1.54) is 12.1 Å². The normalized spacial score (nSPS) is 12.6. The standard InChI is InChI=1S/C13H16ClFN4/c1-9(11-4-3-10(15)7-12(11)14)16-6-5-13-18-17-8-19(13)2/h3-4,7-9,16H,5-6H2,1-2H3. The molecule has 102 valence electrons. The van der Waals surface area contributed by atoms with Crippen LogP contribution < -0.4 is 5.32 Å². The average molecular weight is 283 g/mol. The first kappa shape index (κ1) is 14.0. The zero-order valence-electron chi connectivity index (χ0n) is 10.9. The van der Waals surface area contributed by atoms with Gasteiger partial charge >= 0.3 is 0 Å². The number of aryl methyl sites for hydroxylation is 1. The second-order valence-electron chi connectivity index (χ2n) is 4.45. The third kappa shape index (κ3) is 3.52. The first-order valence-corrected chi connectivity index (χ1v) is 6.47. The van der Waals surface area contributed by atoms with E-state index in [9.17, 15) is 4.39 Å². The highest BCUT2D eigenvalue weighted by molar-refractivity contribution is 6.31. The molecular formula is C13H16ClFN4. The molecule has 1 atom stereocenters. The summed E-state index contributed by atoms with van der Waals surface area (Å²) in [5.74, 6) is 0.602. The van der Waals surface area contributed by atoms with Crippen LogP contribution in [-0.4, -0.2) is 21.3 Å². The third-order valence-corrected chi connectivity index (χ3v) is 3.36. The van der Waals surface area contributed by atoms with E-state index in [2.05, 4.69) is 15.5 Å². The van der Waals surface area contributed by atoms with E-state index in [-0.39, 0.29) is 11.9 Å². The van der Waals surface area contributed by atoms with Crippen molar-refractivity contribution in [2.45, 2.75) is 19.4 Å². The summed E-state index contributed by atoms with van der Waals surface area (Å²) in [5.41, 5.74) is 0.890. The predicted octanol–water partition coefficient (Wildman–Crippen LogP) is 2.50. The quantitative estimate of drug-likeness (QED) is 0.916. The summed E-state index contributed by atoms with van der Waals surface area (Å²) in [6, 6.07) is 4.51. The summed E-state index contributed by atoms with van der Waals surface area (Å²) in [6.45, 7) is 2.75. The lowest BCUT2D eigenvalue weighted by Crippen LogP contribution is -2.22. The Morgan fingerprint density at radius 2 is 2.26 bits per heavy atom. The Hall–Kier alpha value is -1.46. The van der Waals surface area contributed by atoms with Gasteiger partial charge in [-0.15, -0.1) is 10.2 Å². The minimum atomic E-state index is -0.319. The van der Waals surface area contributed by atoms with E-state index in [0.717, 1.165) is 24.4 Å². The summed E-state index contributed by atoms with van der Waals surface area (Å²) >= 11 is 6.02. The van der Waals surface area contributed by atoms with Crippen molar-refractivity contribution in [2.75, 3.05) is 6.54 Å². The van der Waals surface area contributed by atoms with Crippen molar-refractivity contribution in [1.82, 2.24) is 20.1 Å². The number of nitrogens with zero attached hydrogens (tertiary/aromatic N) is 3. The van der Waals surface area contributed by atoms with E-state index < -0.39 is 0 Å².